The Hall–Kier alpha value is -2.25. The van der Waals surface area contributed by atoms with Crippen LogP contribution < -0.4 is 0 Å². The van der Waals surface area contributed by atoms with Gasteiger partial charge in [0.05, 0.1) is 9.85 Å². The molecular weight excluding hydrogens is 374 g/mol. The van der Waals surface area contributed by atoms with Crippen LogP contribution >= 0.6 is 23.2 Å². The number of hydrogen-bond acceptors (Lipinski definition) is 4. The number of rotatable bonds is 7. The molecule has 6 nitrogen and oxygen atoms in total. The van der Waals surface area contributed by atoms with Gasteiger partial charge in [-0.05, 0) is 48.9 Å². The quantitative estimate of drug-likeness (QED) is 0.356. The molecule has 130 valence electrons. The molecule has 0 saturated carbocycles. The van der Waals surface area contributed by atoms with Crippen molar-refractivity contribution >= 4 is 34.6 Å². The van der Waals surface area contributed by atoms with E-state index in [4.69, 9.17) is 23.2 Å². The molecule has 0 aromatic heterocycles. The molecule has 25 heavy (non-hydrogen) atoms. The molecule has 0 spiro atoms. The number of nitrogens with zero attached hydrogens (tertiary/aromatic N) is 2. The van der Waals surface area contributed by atoms with Gasteiger partial charge in [0.1, 0.15) is 15.9 Å². The summed E-state index contributed by atoms with van der Waals surface area (Å²) in [7, 11) is 0. The van der Waals surface area contributed by atoms with Gasteiger partial charge in [0.25, 0.3) is 11.4 Å². The van der Waals surface area contributed by atoms with E-state index in [-0.39, 0.29) is 27.0 Å². The predicted octanol–water partition coefficient (Wildman–Crippen LogP) is 5.53. The van der Waals surface area contributed by atoms with Gasteiger partial charge in [-0.2, -0.15) is 0 Å². The van der Waals surface area contributed by atoms with Gasteiger partial charge >= 0.3 is 0 Å². The normalized spacial score (nSPS) is 10.7. The Labute approximate surface area is 152 Å². The summed E-state index contributed by atoms with van der Waals surface area (Å²) < 4.78 is 13.8. The van der Waals surface area contributed by atoms with E-state index in [1.807, 2.05) is 0 Å². The van der Waals surface area contributed by atoms with E-state index in [0.717, 1.165) is 12.1 Å². The lowest BCUT2D eigenvalue weighted by molar-refractivity contribution is -0.384. The fourth-order valence-corrected chi connectivity index (χ4v) is 2.54. The van der Waals surface area contributed by atoms with Gasteiger partial charge in [-0.15, -0.1) is 0 Å². The number of unbranched alkanes of at least 4 members (excludes halogenated alkanes) is 1. The van der Waals surface area contributed by atoms with Gasteiger partial charge in [-0.3, -0.25) is 20.2 Å². The summed E-state index contributed by atoms with van der Waals surface area (Å²) in [4.78, 5) is 20.4. The number of nitro benzene ring substituents is 2. The minimum absolute atomic E-state index is 0.0456. The van der Waals surface area contributed by atoms with E-state index < -0.39 is 15.7 Å². The molecule has 0 bridgehead atoms. The maximum Gasteiger partial charge on any atom is 0.288 e. The van der Waals surface area contributed by atoms with Gasteiger partial charge in [0.15, 0.2) is 0 Å². The topological polar surface area (TPSA) is 86.3 Å². The Morgan fingerprint density at radius 3 is 2.16 bits per heavy atom. The van der Waals surface area contributed by atoms with Crippen molar-refractivity contribution in [2.45, 2.75) is 12.8 Å². The average Bonchev–Trinajstić information content (AvgIpc) is 2.53. The Morgan fingerprint density at radius 1 is 0.920 bits per heavy atom. The van der Waals surface area contributed by atoms with Gasteiger partial charge < -0.3 is 0 Å². The van der Waals surface area contributed by atoms with Crippen molar-refractivity contribution in [3.05, 3.63) is 90.4 Å². The van der Waals surface area contributed by atoms with E-state index in [0.29, 0.717) is 18.4 Å². The Morgan fingerprint density at radius 2 is 1.52 bits per heavy atom. The third-order valence-corrected chi connectivity index (χ3v) is 3.96. The molecule has 2 aromatic carbocycles. The number of benzene rings is 2. The summed E-state index contributed by atoms with van der Waals surface area (Å²) >= 11 is 11.4. The van der Waals surface area contributed by atoms with Crippen LogP contribution in [-0.2, 0) is 0 Å². The highest BCUT2D eigenvalue weighted by Gasteiger charge is 2.17. The highest BCUT2D eigenvalue weighted by Crippen LogP contribution is 2.29. The minimum Gasteiger partial charge on any atom is -0.258 e. The van der Waals surface area contributed by atoms with Crippen molar-refractivity contribution in [2.75, 3.05) is 0 Å². The molecule has 0 aliphatic rings. The zero-order chi connectivity index (χ0) is 18.6. The molecule has 0 atom stereocenters. The van der Waals surface area contributed by atoms with Crippen LogP contribution in [0.3, 0.4) is 0 Å². The summed E-state index contributed by atoms with van der Waals surface area (Å²) in [5.41, 5.74) is 0.115. The molecule has 0 unspecified atom stereocenters. The fourth-order valence-electron chi connectivity index (χ4n) is 2.14. The molecule has 2 radical (unpaired) electrons. The zero-order valence-electron chi connectivity index (χ0n) is 12.6. The molecule has 0 N–H and O–H groups in total. The van der Waals surface area contributed by atoms with Crippen LogP contribution in [0.1, 0.15) is 24.0 Å². The summed E-state index contributed by atoms with van der Waals surface area (Å²) in [5, 5.41) is 21.4. The summed E-state index contributed by atoms with van der Waals surface area (Å²) in [6, 6.07) is 6.37. The molecule has 0 saturated heterocycles. The first-order valence-corrected chi connectivity index (χ1v) is 7.79. The maximum atomic E-state index is 13.8. The molecule has 0 amide bonds. The van der Waals surface area contributed by atoms with E-state index >= 15 is 0 Å². The summed E-state index contributed by atoms with van der Waals surface area (Å²) in [6.07, 6.45) is 4.06. The Bertz CT molecular complexity index is 830. The molecular formula is C16H11Cl2FN2O4. The van der Waals surface area contributed by atoms with Crippen molar-refractivity contribution in [1.29, 1.82) is 0 Å². The molecule has 2 aromatic rings. The van der Waals surface area contributed by atoms with Crippen LogP contribution in [0.2, 0.25) is 10.0 Å². The monoisotopic (exact) mass is 384 g/mol. The van der Waals surface area contributed by atoms with Crippen LogP contribution in [0.4, 0.5) is 15.8 Å². The Kier molecular flexibility index (Phi) is 6.27. The van der Waals surface area contributed by atoms with Crippen LogP contribution in [-0.4, -0.2) is 9.85 Å². The highest BCUT2D eigenvalue weighted by molar-refractivity contribution is 6.33. The van der Waals surface area contributed by atoms with Crippen molar-refractivity contribution < 1.29 is 14.2 Å². The first-order valence-electron chi connectivity index (χ1n) is 7.03. The highest BCUT2D eigenvalue weighted by atomic mass is 35.5. The van der Waals surface area contributed by atoms with E-state index in [1.54, 1.807) is 12.5 Å². The Balaban J connectivity index is 1.98. The second-order valence-electron chi connectivity index (χ2n) is 5.04. The molecule has 0 fully saturated rings. The first-order chi connectivity index (χ1) is 11.8. The SMILES string of the molecule is O=[N+]([O-])c1cc([CH]CC[CH]c2cc([N+](=O)[O-])c(Cl)cc2F)ccc1Cl. The minimum atomic E-state index is -0.682. The van der Waals surface area contributed by atoms with Gasteiger partial charge in [-0.1, -0.05) is 29.3 Å². The lowest BCUT2D eigenvalue weighted by Gasteiger charge is -2.05. The lowest BCUT2D eigenvalue weighted by Crippen LogP contribution is -1.96. The standard InChI is InChI=1S/C16H11Cl2FN2O4/c17-12-6-5-10(7-15(12)20(22)23)3-1-2-4-11-8-16(21(24)25)13(18)9-14(11)19/h3-9H,1-2H2. The second-order valence-corrected chi connectivity index (χ2v) is 5.85. The molecule has 9 heteroatoms. The van der Waals surface area contributed by atoms with Crippen LogP contribution in [0, 0.1) is 38.9 Å². The maximum absolute atomic E-state index is 13.8. The smallest absolute Gasteiger partial charge is 0.258 e. The zero-order valence-corrected chi connectivity index (χ0v) is 14.1. The first kappa shape index (κ1) is 19.1. The molecule has 2 rings (SSSR count). The van der Waals surface area contributed by atoms with Crippen LogP contribution in [0.25, 0.3) is 0 Å². The molecule has 0 heterocycles. The summed E-state index contributed by atoms with van der Waals surface area (Å²) in [5.74, 6) is -0.655. The largest absolute Gasteiger partial charge is 0.288 e. The third-order valence-electron chi connectivity index (χ3n) is 3.34. The number of halogens is 3. The molecule has 0 aliphatic carbocycles. The van der Waals surface area contributed by atoms with Crippen molar-refractivity contribution in [3.63, 3.8) is 0 Å². The predicted molar refractivity (Wildman–Crippen MR) is 92.2 cm³/mol. The van der Waals surface area contributed by atoms with Crippen molar-refractivity contribution in [3.8, 4) is 0 Å². The van der Waals surface area contributed by atoms with Crippen molar-refractivity contribution in [1.82, 2.24) is 0 Å². The summed E-state index contributed by atoms with van der Waals surface area (Å²) in [6.45, 7) is 0. The average molecular weight is 385 g/mol. The van der Waals surface area contributed by atoms with E-state index in [1.165, 1.54) is 18.6 Å². The van der Waals surface area contributed by atoms with Gasteiger partial charge in [0, 0.05) is 12.1 Å². The fraction of sp³-hybridized carbons (Fsp3) is 0.125. The second kappa shape index (κ2) is 8.22. The lowest BCUT2D eigenvalue weighted by atomic mass is 10.0. The number of hydrogen-bond donors (Lipinski definition) is 0. The van der Waals surface area contributed by atoms with E-state index in [9.17, 15) is 24.6 Å². The van der Waals surface area contributed by atoms with Gasteiger partial charge in [0.2, 0.25) is 0 Å². The molecule has 0 aliphatic heterocycles. The third kappa shape index (κ3) is 4.87. The number of nitro groups is 2. The van der Waals surface area contributed by atoms with Gasteiger partial charge in [-0.25, -0.2) is 4.39 Å². The van der Waals surface area contributed by atoms with Crippen molar-refractivity contribution in [2.24, 2.45) is 0 Å². The van der Waals surface area contributed by atoms with Crippen LogP contribution in [0.15, 0.2) is 30.3 Å². The van der Waals surface area contributed by atoms with E-state index in [2.05, 4.69) is 0 Å². The van der Waals surface area contributed by atoms with Crippen LogP contribution in [0.5, 0.6) is 0 Å².